The molecule has 6 heteroatoms. The molecule has 1 aliphatic rings. The normalized spacial score (nSPS) is 15.4. The molecule has 0 fully saturated rings. The highest BCUT2D eigenvalue weighted by molar-refractivity contribution is 7.99. The molecular weight excluding hydrogens is 426 g/mol. The zero-order valence-corrected chi connectivity index (χ0v) is 19.1. The summed E-state index contributed by atoms with van der Waals surface area (Å²) >= 11 is 7.67. The SMILES string of the molecule is CCC(C)(O)c1ccc(-c2nn(C3=CCC=CC=C3)cc2Sc2ccc(Cl)cc2)nc1. The molecule has 0 saturated heterocycles. The molecule has 0 saturated carbocycles. The number of rotatable bonds is 6. The van der Waals surface area contributed by atoms with E-state index in [0.29, 0.717) is 11.4 Å². The third-order valence-electron chi connectivity index (χ3n) is 5.28. The van der Waals surface area contributed by atoms with Crippen LogP contribution >= 0.6 is 23.4 Å². The first-order valence-corrected chi connectivity index (χ1v) is 11.4. The molecule has 1 aliphatic carbocycles. The van der Waals surface area contributed by atoms with E-state index in [4.69, 9.17) is 16.7 Å². The molecule has 0 radical (unpaired) electrons. The standard InChI is InChI=1S/C25H24ClN3OS/c1-3-25(2,30)18-10-15-22(27-16-18)24-23(31-21-13-11-19(26)12-14-21)17-29(28-24)20-8-6-4-5-7-9-20/h4-6,8-17,30H,3,7H2,1-2H3. The van der Waals surface area contributed by atoms with Crippen molar-refractivity contribution in [2.24, 2.45) is 0 Å². The third-order valence-corrected chi connectivity index (χ3v) is 6.56. The lowest BCUT2D eigenvalue weighted by molar-refractivity contribution is 0.0527. The Morgan fingerprint density at radius 1 is 1.16 bits per heavy atom. The maximum atomic E-state index is 10.5. The van der Waals surface area contributed by atoms with Gasteiger partial charge in [-0.25, -0.2) is 4.68 Å². The van der Waals surface area contributed by atoms with Gasteiger partial charge in [-0.3, -0.25) is 4.98 Å². The summed E-state index contributed by atoms with van der Waals surface area (Å²) < 4.78 is 1.90. The second-order valence-corrected chi connectivity index (χ2v) is 9.11. The summed E-state index contributed by atoms with van der Waals surface area (Å²) in [4.78, 5) is 6.71. The number of allylic oxidation sites excluding steroid dienone is 6. The molecule has 0 amide bonds. The Morgan fingerprint density at radius 2 is 1.97 bits per heavy atom. The Balaban J connectivity index is 1.74. The van der Waals surface area contributed by atoms with E-state index >= 15 is 0 Å². The Labute approximate surface area is 192 Å². The third kappa shape index (κ3) is 5.01. The van der Waals surface area contributed by atoms with E-state index in [0.717, 1.165) is 38.9 Å². The monoisotopic (exact) mass is 449 g/mol. The molecular formula is C25H24ClN3OS. The van der Waals surface area contributed by atoms with Crippen molar-refractivity contribution in [3.8, 4) is 11.4 Å². The molecule has 1 unspecified atom stereocenters. The van der Waals surface area contributed by atoms with Crippen LogP contribution in [0, 0.1) is 0 Å². The van der Waals surface area contributed by atoms with Crippen molar-refractivity contribution in [3.63, 3.8) is 0 Å². The predicted molar refractivity (Wildman–Crippen MR) is 128 cm³/mol. The van der Waals surface area contributed by atoms with Crippen LogP contribution in [0.2, 0.25) is 5.02 Å². The molecule has 4 rings (SSSR count). The van der Waals surface area contributed by atoms with Crippen LogP contribution in [0.3, 0.4) is 0 Å². The van der Waals surface area contributed by atoms with Crippen LogP contribution in [0.5, 0.6) is 0 Å². The molecule has 158 valence electrons. The molecule has 0 spiro atoms. The molecule has 0 aliphatic heterocycles. The van der Waals surface area contributed by atoms with E-state index < -0.39 is 5.60 Å². The van der Waals surface area contributed by atoms with Crippen LogP contribution in [0.25, 0.3) is 17.1 Å². The summed E-state index contributed by atoms with van der Waals surface area (Å²) in [5, 5.41) is 16.1. The number of nitrogens with zero attached hydrogens (tertiary/aromatic N) is 3. The molecule has 2 heterocycles. The van der Waals surface area contributed by atoms with Crippen LogP contribution < -0.4 is 0 Å². The second kappa shape index (κ2) is 9.27. The first-order valence-electron chi connectivity index (χ1n) is 10.2. The topological polar surface area (TPSA) is 50.9 Å². The number of hydrogen-bond acceptors (Lipinski definition) is 4. The van der Waals surface area contributed by atoms with Gasteiger partial charge in [0.1, 0.15) is 5.69 Å². The molecule has 31 heavy (non-hydrogen) atoms. The minimum Gasteiger partial charge on any atom is -0.385 e. The number of hydrogen-bond donors (Lipinski definition) is 1. The van der Waals surface area contributed by atoms with Gasteiger partial charge in [-0.1, -0.05) is 60.7 Å². The first kappa shape index (κ1) is 21.6. The van der Waals surface area contributed by atoms with E-state index in [1.165, 1.54) is 0 Å². The number of benzene rings is 1. The van der Waals surface area contributed by atoms with E-state index in [9.17, 15) is 5.11 Å². The van der Waals surface area contributed by atoms with Crippen LogP contribution in [-0.4, -0.2) is 19.9 Å². The summed E-state index contributed by atoms with van der Waals surface area (Å²) in [6.45, 7) is 3.76. The lowest BCUT2D eigenvalue weighted by Gasteiger charge is -2.21. The fraction of sp³-hybridized carbons (Fsp3) is 0.200. The predicted octanol–water partition coefficient (Wildman–Crippen LogP) is 6.72. The van der Waals surface area contributed by atoms with Gasteiger partial charge in [0.05, 0.1) is 21.9 Å². The maximum Gasteiger partial charge on any atom is 0.125 e. The van der Waals surface area contributed by atoms with Gasteiger partial charge in [0.25, 0.3) is 0 Å². The van der Waals surface area contributed by atoms with Gasteiger partial charge in [-0.05, 0) is 56.2 Å². The smallest absolute Gasteiger partial charge is 0.125 e. The molecule has 1 atom stereocenters. The Hall–Kier alpha value is -2.60. The van der Waals surface area contributed by atoms with Crippen molar-refractivity contribution in [2.45, 2.75) is 42.1 Å². The van der Waals surface area contributed by atoms with Gasteiger partial charge in [0, 0.05) is 27.9 Å². The minimum absolute atomic E-state index is 0.620. The van der Waals surface area contributed by atoms with Crippen molar-refractivity contribution < 1.29 is 5.11 Å². The van der Waals surface area contributed by atoms with Crippen molar-refractivity contribution in [1.82, 2.24) is 14.8 Å². The van der Waals surface area contributed by atoms with Crippen molar-refractivity contribution >= 4 is 29.1 Å². The van der Waals surface area contributed by atoms with Crippen LogP contribution in [0.4, 0.5) is 0 Å². The highest BCUT2D eigenvalue weighted by Gasteiger charge is 2.22. The Kier molecular flexibility index (Phi) is 6.46. The van der Waals surface area contributed by atoms with Gasteiger partial charge in [0.15, 0.2) is 0 Å². The number of aromatic nitrogens is 3. The lowest BCUT2D eigenvalue weighted by atomic mass is 9.95. The zero-order chi connectivity index (χ0) is 21.8. The van der Waals surface area contributed by atoms with Gasteiger partial charge < -0.3 is 5.11 Å². The van der Waals surface area contributed by atoms with E-state index in [2.05, 4.69) is 17.1 Å². The van der Waals surface area contributed by atoms with E-state index in [1.54, 1.807) is 24.9 Å². The largest absolute Gasteiger partial charge is 0.385 e. The molecule has 1 N–H and O–H groups in total. The number of halogens is 1. The highest BCUT2D eigenvalue weighted by atomic mass is 35.5. The average Bonchev–Trinajstić information content (AvgIpc) is 3.00. The second-order valence-electron chi connectivity index (χ2n) is 7.55. The van der Waals surface area contributed by atoms with Crippen molar-refractivity contribution in [2.75, 3.05) is 0 Å². The summed E-state index contributed by atoms with van der Waals surface area (Å²) in [7, 11) is 0. The highest BCUT2D eigenvalue weighted by Crippen LogP contribution is 2.36. The van der Waals surface area contributed by atoms with Crippen molar-refractivity contribution in [1.29, 1.82) is 0 Å². The first-order chi connectivity index (χ1) is 15.0. The van der Waals surface area contributed by atoms with Crippen LogP contribution in [-0.2, 0) is 5.60 Å². The summed E-state index contributed by atoms with van der Waals surface area (Å²) in [6.07, 6.45) is 15.6. The summed E-state index contributed by atoms with van der Waals surface area (Å²) in [5.74, 6) is 0. The Bertz CT molecular complexity index is 1140. The lowest BCUT2D eigenvalue weighted by Crippen LogP contribution is -2.19. The number of pyridine rings is 1. The fourth-order valence-electron chi connectivity index (χ4n) is 3.17. The fourth-order valence-corrected chi connectivity index (χ4v) is 4.21. The van der Waals surface area contributed by atoms with E-state index in [-0.39, 0.29) is 0 Å². The quantitative estimate of drug-likeness (QED) is 0.453. The summed E-state index contributed by atoms with van der Waals surface area (Å²) in [6, 6.07) is 11.6. The van der Waals surface area contributed by atoms with Gasteiger partial charge in [0.2, 0.25) is 0 Å². The molecule has 2 aromatic heterocycles. The van der Waals surface area contributed by atoms with Crippen LogP contribution in [0.15, 0.2) is 89.0 Å². The van der Waals surface area contributed by atoms with Crippen LogP contribution in [0.1, 0.15) is 32.3 Å². The molecule has 3 aromatic rings. The van der Waals surface area contributed by atoms with Crippen molar-refractivity contribution in [3.05, 3.63) is 89.8 Å². The molecule has 0 bridgehead atoms. The number of aliphatic hydroxyl groups is 1. The van der Waals surface area contributed by atoms with Gasteiger partial charge in [-0.2, -0.15) is 5.10 Å². The Morgan fingerprint density at radius 3 is 2.68 bits per heavy atom. The molecule has 4 nitrogen and oxygen atoms in total. The van der Waals surface area contributed by atoms with Gasteiger partial charge in [-0.15, -0.1) is 0 Å². The maximum absolute atomic E-state index is 10.5. The average molecular weight is 450 g/mol. The van der Waals surface area contributed by atoms with E-state index in [1.807, 2.05) is 72.4 Å². The van der Waals surface area contributed by atoms with Gasteiger partial charge >= 0.3 is 0 Å². The minimum atomic E-state index is -0.894. The molecule has 1 aromatic carbocycles. The summed E-state index contributed by atoms with van der Waals surface area (Å²) in [5.41, 5.74) is 2.48. The zero-order valence-electron chi connectivity index (χ0n) is 17.5.